The maximum atomic E-state index is 11.8. The Morgan fingerprint density at radius 2 is 2.09 bits per heavy atom. The molecule has 2 atom stereocenters. The second-order valence-electron chi connectivity index (χ2n) is 9.26. The lowest BCUT2D eigenvalue weighted by atomic mass is 9.87. The summed E-state index contributed by atoms with van der Waals surface area (Å²) in [7, 11) is 0. The van der Waals surface area contributed by atoms with E-state index in [9.17, 15) is 10.1 Å². The third-order valence-electron chi connectivity index (χ3n) is 6.41. The number of benzene rings is 2. The molecule has 0 amide bonds. The molecule has 3 aromatic rings. The molecule has 0 radical (unpaired) electrons. The van der Waals surface area contributed by atoms with Crippen molar-refractivity contribution in [1.82, 2.24) is 10.1 Å². The highest BCUT2D eigenvalue weighted by atomic mass is 16.5. The van der Waals surface area contributed by atoms with E-state index in [0.29, 0.717) is 41.5 Å². The summed E-state index contributed by atoms with van der Waals surface area (Å²) in [6, 6.07) is 14.3. The number of rotatable bonds is 7. The maximum absolute atomic E-state index is 11.8. The molecule has 4 rings (SSSR count). The molecule has 0 unspecified atom stereocenters. The number of nitriles is 1. The van der Waals surface area contributed by atoms with Crippen LogP contribution in [-0.4, -0.2) is 15.9 Å². The molecule has 0 saturated heterocycles. The van der Waals surface area contributed by atoms with Gasteiger partial charge in [0.25, 0.3) is 5.89 Å². The predicted molar refractivity (Wildman–Crippen MR) is 124 cm³/mol. The van der Waals surface area contributed by atoms with Crippen molar-refractivity contribution >= 4 is 5.78 Å². The summed E-state index contributed by atoms with van der Waals surface area (Å²) in [5.41, 5.74) is 5.93. The largest absolute Gasteiger partial charge is 0.334 e. The van der Waals surface area contributed by atoms with E-state index in [1.54, 1.807) is 6.92 Å². The number of ketones is 1. The first-order chi connectivity index (χ1) is 15.4. The zero-order valence-electron chi connectivity index (χ0n) is 19.2. The summed E-state index contributed by atoms with van der Waals surface area (Å²) in [4.78, 5) is 16.5. The van der Waals surface area contributed by atoms with Gasteiger partial charge < -0.3 is 9.32 Å². The fraction of sp³-hybridized carbons (Fsp3) is 0.407. The summed E-state index contributed by atoms with van der Waals surface area (Å²) in [5.74, 6) is 2.38. The molecule has 0 aliphatic heterocycles. The molecule has 5 nitrogen and oxygen atoms in total. The van der Waals surface area contributed by atoms with Crippen molar-refractivity contribution < 1.29 is 9.32 Å². The number of nitrogens with zero attached hydrogens (tertiary/aromatic N) is 3. The van der Waals surface area contributed by atoms with Crippen LogP contribution in [0.2, 0.25) is 0 Å². The molecule has 0 fully saturated rings. The summed E-state index contributed by atoms with van der Waals surface area (Å²) in [6.45, 7) is 8.13. The van der Waals surface area contributed by atoms with E-state index in [2.05, 4.69) is 43.0 Å². The Kier molecular flexibility index (Phi) is 6.23. The fourth-order valence-corrected chi connectivity index (χ4v) is 5.07. The lowest BCUT2D eigenvalue weighted by Crippen LogP contribution is -2.11. The van der Waals surface area contributed by atoms with Crippen molar-refractivity contribution in [3.05, 3.63) is 58.7 Å². The van der Waals surface area contributed by atoms with Crippen LogP contribution in [0.15, 0.2) is 40.9 Å². The van der Waals surface area contributed by atoms with Crippen LogP contribution in [0.4, 0.5) is 0 Å². The van der Waals surface area contributed by atoms with E-state index in [1.165, 1.54) is 11.1 Å². The molecular formula is C27H29N3O2. The standard InChI is InChI=1S/C27H29N3O2/c1-5-22-20(12-17(4)31)14-25-23(22)7-6-8-24(25)26-29-27(32-30-26)19-10-9-18(11-16(2)3)21(13-19)15-28/h6-10,13,16,20,22H,5,11-12,14H2,1-4H3/t20-,22-/m1/s1. The Hall–Kier alpha value is -3.26. The molecule has 1 aromatic heterocycles. The van der Waals surface area contributed by atoms with Gasteiger partial charge in [-0.3, -0.25) is 0 Å². The van der Waals surface area contributed by atoms with E-state index in [0.717, 1.165) is 36.0 Å². The van der Waals surface area contributed by atoms with Crippen molar-refractivity contribution in [1.29, 1.82) is 5.26 Å². The zero-order valence-corrected chi connectivity index (χ0v) is 19.2. The smallest absolute Gasteiger partial charge is 0.258 e. The van der Waals surface area contributed by atoms with Crippen LogP contribution in [0.5, 0.6) is 0 Å². The normalized spacial score (nSPS) is 17.4. The molecule has 1 heterocycles. The Labute approximate surface area is 189 Å². The van der Waals surface area contributed by atoms with Gasteiger partial charge in [0.1, 0.15) is 5.78 Å². The van der Waals surface area contributed by atoms with Gasteiger partial charge in [-0.2, -0.15) is 10.2 Å². The predicted octanol–water partition coefficient (Wildman–Crippen LogP) is 6.12. The van der Waals surface area contributed by atoms with Gasteiger partial charge in [0, 0.05) is 17.5 Å². The Morgan fingerprint density at radius 1 is 1.28 bits per heavy atom. The number of carbonyl (C=O) groups is 1. The highest BCUT2D eigenvalue weighted by Gasteiger charge is 2.34. The van der Waals surface area contributed by atoms with E-state index in [4.69, 9.17) is 4.52 Å². The van der Waals surface area contributed by atoms with Crippen LogP contribution in [0, 0.1) is 23.2 Å². The minimum Gasteiger partial charge on any atom is -0.334 e. The first-order valence-electron chi connectivity index (χ1n) is 11.4. The van der Waals surface area contributed by atoms with Crippen LogP contribution in [-0.2, 0) is 17.6 Å². The molecule has 0 N–H and O–H groups in total. The monoisotopic (exact) mass is 427 g/mol. The molecule has 32 heavy (non-hydrogen) atoms. The molecule has 0 bridgehead atoms. The van der Waals surface area contributed by atoms with E-state index in [1.807, 2.05) is 30.3 Å². The summed E-state index contributed by atoms with van der Waals surface area (Å²) in [6.07, 6.45) is 3.32. The molecular weight excluding hydrogens is 398 g/mol. The quantitative estimate of drug-likeness (QED) is 0.454. The van der Waals surface area contributed by atoms with Crippen molar-refractivity contribution in [2.45, 2.75) is 59.3 Å². The van der Waals surface area contributed by atoms with Gasteiger partial charge in [0.15, 0.2) is 0 Å². The van der Waals surface area contributed by atoms with Crippen LogP contribution in [0.3, 0.4) is 0 Å². The van der Waals surface area contributed by atoms with E-state index in [-0.39, 0.29) is 5.78 Å². The van der Waals surface area contributed by atoms with E-state index >= 15 is 0 Å². The van der Waals surface area contributed by atoms with Crippen LogP contribution < -0.4 is 0 Å². The van der Waals surface area contributed by atoms with Crippen LogP contribution >= 0.6 is 0 Å². The molecule has 0 saturated carbocycles. The number of fused-ring (bicyclic) bond motifs is 1. The Bertz CT molecular complexity index is 1190. The number of hydrogen-bond acceptors (Lipinski definition) is 5. The minimum absolute atomic E-state index is 0.235. The van der Waals surface area contributed by atoms with Gasteiger partial charge in [-0.05, 0) is 72.8 Å². The summed E-state index contributed by atoms with van der Waals surface area (Å²) < 4.78 is 5.61. The second kappa shape index (κ2) is 9.08. The van der Waals surface area contributed by atoms with Crippen molar-refractivity contribution in [2.24, 2.45) is 11.8 Å². The van der Waals surface area contributed by atoms with Gasteiger partial charge >= 0.3 is 0 Å². The summed E-state index contributed by atoms with van der Waals surface area (Å²) >= 11 is 0. The molecule has 1 aliphatic carbocycles. The third kappa shape index (κ3) is 4.23. The molecule has 2 aromatic carbocycles. The molecule has 5 heteroatoms. The number of Topliss-reactive ketones (excluding diaryl/α,β-unsaturated/α-hetero) is 1. The lowest BCUT2D eigenvalue weighted by Gasteiger charge is -2.17. The second-order valence-corrected chi connectivity index (χ2v) is 9.26. The third-order valence-corrected chi connectivity index (χ3v) is 6.41. The van der Waals surface area contributed by atoms with Crippen molar-refractivity contribution in [2.75, 3.05) is 0 Å². The first-order valence-corrected chi connectivity index (χ1v) is 11.4. The Morgan fingerprint density at radius 3 is 2.78 bits per heavy atom. The molecule has 164 valence electrons. The number of hydrogen-bond donors (Lipinski definition) is 0. The van der Waals surface area contributed by atoms with Gasteiger partial charge in [0.05, 0.1) is 11.6 Å². The van der Waals surface area contributed by atoms with Gasteiger partial charge in [-0.1, -0.05) is 50.2 Å². The lowest BCUT2D eigenvalue weighted by molar-refractivity contribution is -0.118. The van der Waals surface area contributed by atoms with Gasteiger partial charge in [-0.25, -0.2) is 0 Å². The Balaban J connectivity index is 1.67. The van der Waals surface area contributed by atoms with E-state index < -0.39 is 0 Å². The van der Waals surface area contributed by atoms with Crippen molar-refractivity contribution in [3.63, 3.8) is 0 Å². The topological polar surface area (TPSA) is 79.8 Å². The molecule has 1 aliphatic rings. The highest BCUT2D eigenvalue weighted by Crippen LogP contribution is 2.45. The van der Waals surface area contributed by atoms with Gasteiger partial charge in [0.2, 0.25) is 5.82 Å². The van der Waals surface area contributed by atoms with Crippen molar-refractivity contribution in [3.8, 4) is 28.9 Å². The van der Waals surface area contributed by atoms with Gasteiger partial charge in [-0.15, -0.1) is 0 Å². The zero-order chi connectivity index (χ0) is 22.8. The minimum atomic E-state index is 0.235. The molecule has 0 spiro atoms. The maximum Gasteiger partial charge on any atom is 0.258 e. The number of carbonyl (C=O) groups excluding carboxylic acids is 1. The SMILES string of the molecule is CC[C@H]1c2cccc(-c3noc(-c4ccc(CC(C)C)c(C#N)c4)n3)c2C[C@H]1CC(C)=O. The summed E-state index contributed by atoms with van der Waals surface area (Å²) in [5, 5.41) is 13.9. The average Bonchev–Trinajstić information content (AvgIpc) is 3.37. The first kappa shape index (κ1) is 22.0. The number of aromatic nitrogens is 2. The fourth-order valence-electron chi connectivity index (χ4n) is 5.07. The van der Waals surface area contributed by atoms with Crippen LogP contribution in [0.25, 0.3) is 22.8 Å². The highest BCUT2D eigenvalue weighted by molar-refractivity contribution is 5.76. The van der Waals surface area contributed by atoms with Crippen LogP contribution in [0.1, 0.15) is 68.7 Å². The average molecular weight is 428 g/mol.